The fourth-order valence-corrected chi connectivity index (χ4v) is 5.32. The Bertz CT molecular complexity index is 1030. The van der Waals surface area contributed by atoms with E-state index in [0.717, 1.165) is 11.3 Å². The van der Waals surface area contributed by atoms with E-state index in [1.165, 1.54) is 11.3 Å². The average Bonchev–Trinajstić information content (AvgIpc) is 3.51. The van der Waals surface area contributed by atoms with Crippen LogP contribution in [0.5, 0.6) is 0 Å². The normalized spacial score (nSPS) is 26.2. The topological polar surface area (TPSA) is 95.6 Å². The standard InChI is InChI=1S/C22H19N3O4S/c26-17(11-25-21(28)18-12-3-4-13(10-12)19(18)22(25)29)23-14-5-7-15(8-6-14)24-20(27)16-2-1-9-30-16/h1-9,12-13,18-19H,10-11H2,(H,23,26)(H,24,27). The molecule has 1 aliphatic heterocycles. The first-order valence-electron chi connectivity index (χ1n) is 9.79. The molecule has 2 N–H and O–H groups in total. The summed E-state index contributed by atoms with van der Waals surface area (Å²) < 4.78 is 0. The number of nitrogens with zero attached hydrogens (tertiary/aromatic N) is 1. The van der Waals surface area contributed by atoms with E-state index in [0.29, 0.717) is 16.3 Å². The van der Waals surface area contributed by atoms with Crippen LogP contribution in [-0.4, -0.2) is 35.1 Å². The number of carbonyl (C=O) groups is 4. The molecule has 2 aromatic rings. The van der Waals surface area contributed by atoms with Crippen molar-refractivity contribution in [2.45, 2.75) is 6.42 Å². The molecular weight excluding hydrogens is 402 g/mol. The fraction of sp³-hybridized carbons (Fsp3) is 0.273. The zero-order valence-electron chi connectivity index (χ0n) is 15.9. The van der Waals surface area contributed by atoms with E-state index in [4.69, 9.17) is 0 Å². The van der Waals surface area contributed by atoms with Crippen molar-refractivity contribution in [3.8, 4) is 0 Å². The molecule has 152 valence electrons. The van der Waals surface area contributed by atoms with Crippen molar-refractivity contribution in [1.82, 2.24) is 4.90 Å². The molecule has 2 aliphatic carbocycles. The molecule has 1 aromatic heterocycles. The molecule has 3 aliphatic rings. The minimum atomic E-state index is -0.424. The molecule has 8 heteroatoms. The Labute approximate surface area is 176 Å². The van der Waals surface area contributed by atoms with Gasteiger partial charge in [0, 0.05) is 11.4 Å². The van der Waals surface area contributed by atoms with Gasteiger partial charge in [0.05, 0.1) is 16.7 Å². The number of amides is 4. The lowest BCUT2D eigenvalue weighted by Crippen LogP contribution is -2.39. The van der Waals surface area contributed by atoms with Gasteiger partial charge in [-0.05, 0) is 54.0 Å². The van der Waals surface area contributed by atoms with E-state index in [2.05, 4.69) is 10.6 Å². The maximum Gasteiger partial charge on any atom is 0.265 e. The Morgan fingerprint density at radius 2 is 1.53 bits per heavy atom. The number of fused-ring (bicyclic) bond motifs is 5. The van der Waals surface area contributed by atoms with Crippen molar-refractivity contribution in [3.05, 3.63) is 58.8 Å². The Morgan fingerprint density at radius 3 is 2.10 bits per heavy atom. The summed E-state index contributed by atoms with van der Waals surface area (Å²) in [5.41, 5.74) is 1.13. The second-order valence-electron chi connectivity index (χ2n) is 7.82. The van der Waals surface area contributed by atoms with E-state index < -0.39 is 5.91 Å². The van der Waals surface area contributed by atoms with Gasteiger partial charge < -0.3 is 10.6 Å². The number of likely N-dealkylation sites (tertiary alicyclic amines) is 1. The molecule has 4 amide bonds. The number of nitrogens with one attached hydrogen (secondary N) is 2. The first-order chi connectivity index (χ1) is 14.5. The van der Waals surface area contributed by atoms with E-state index >= 15 is 0 Å². The van der Waals surface area contributed by atoms with Gasteiger partial charge in [-0.2, -0.15) is 0 Å². The van der Waals surface area contributed by atoms with Gasteiger partial charge in [-0.1, -0.05) is 18.2 Å². The molecule has 0 radical (unpaired) electrons. The van der Waals surface area contributed by atoms with Crippen molar-refractivity contribution < 1.29 is 19.2 Å². The molecule has 1 saturated heterocycles. The largest absolute Gasteiger partial charge is 0.325 e. The summed E-state index contributed by atoms with van der Waals surface area (Å²) in [4.78, 5) is 51.6. The van der Waals surface area contributed by atoms with Gasteiger partial charge in [-0.15, -0.1) is 11.3 Å². The number of anilines is 2. The number of benzene rings is 1. The summed E-state index contributed by atoms with van der Waals surface area (Å²) in [6.45, 7) is -0.277. The third kappa shape index (κ3) is 3.13. The first kappa shape index (κ1) is 18.7. The van der Waals surface area contributed by atoms with Crippen LogP contribution >= 0.6 is 11.3 Å². The van der Waals surface area contributed by atoms with Gasteiger partial charge in [0.15, 0.2) is 0 Å². The van der Waals surface area contributed by atoms with E-state index in [-0.39, 0.29) is 47.9 Å². The zero-order chi connectivity index (χ0) is 20.8. The molecule has 2 fully saturated rings. The number of allylic oxidation sites excluding steroid dienone is 2. The third-order valence-corrected chi connectivity index (χ3v) is 6.90. The monoisotopic (exact) mass is 421 g/mol. The zero-order valence-corrected chi connectivity index (χ0v) is 16.7. The summed E-state index contributed by atoms with van der Waals surface area (Å²) in [5.74, 6) is -1.43. The highest BCUT2D eigenvalue weighted by molar-refractivity contribution is 7.12. The SMILES string of the molecule is O=C(CN1C(=O)C2C3C=CC(C3)C2C1=O)Nc1ccc(NC(=O)c2cccs2)cc1. The third-order valence-electron chi connectivity index (χ3n) is 6.03. The van der Waals surface area contributed by atoms with E-state index in [9.17, 15) is 19.2 Å². The number of hydrogen-bond acceptors (Lipinski definition) is 5. The smallest absolute Gasteiger partial charge is 0.265 e. The number of imide groups is 1. The molecule has 1 saturated carbocycles. The molecule has 1 aromatic carbocycles. The van der Waals surface area contributed by atoms with Gasteiger partial charge in [0.25, 0.3) is 5.91 Å². The van der Waals surface area contributed by atoms with Crippen molar-refractivity contribution in [1.29, 1.82) is 0 Å². The van der Waals surface area contributed by atoms with Gasteiger partial charge in [-0.25, -0.2) is 0 Å². The summed E-state index contributed by atoms with van der Waals surface area (Å²) in [6.07, 6.45) is 4.92. The Balaban J connectivity index is 1.19. The Kier molecular flexibility index (Phi) is 4.51. The maximum absolute atomic E-state index is 12.7. The van der Waals surface area contributed by atoms with Crippen molar-refractivity contribution >= 4 is 46.3 Å². The highest BCUT2D eigenvalue weighted by Crippen LogP contribution is 2.52. The van der Waals surface area contributed by atoms with Gasteiger partial charge in [0.1, 0.15) is 6.54 Å². The fourth-order valence-electron chi connectivity index (χ4n) is 4.70. The van der Waals surface area contributed by atoms with Gasteiger partial charge in [0.2, 0.25) is 17.7 Å². The molecule has 0 spiro atoms. The number of rotatable bonds is 5. The first-order valence-corrected chi connectivity index (χ1v) is 10.7. The summed E-state index contributed by atoms with van der Waals surface area (Å²) in [7, 11) is 0. The molecule has 4 unspecified atom stereocenters. The van der Waals surface area contributed by atoms with Crippen LogP contribution < -0.4 is 10.6 Å². The summed E-state index contributed by atoms with van der Waals surface area (Å²) in [5, 5.41) is 7.33. The predicted molar refractivity (Wildman–Crippen MR) is 112 cm³/mol. The second-order valence-corrected chi connectivity index (χ2v) is 8.77. The molecular formula is C22H19N3O4S. The van der Waals surface area contributed by atoms with Crippen molar-refractivity contribution in [2.24, 2.45) is 23.7 Å². The second kappa shape index (κ2) is 7.21. The maximum atomic E-state index is 12.7. The lowest BCUT2D eigenvalue weighted by molar-refractivity contribution is -0.143. The minimum Gasteiger partial charge on any atom is -0.325 e. The summed E-state index contributed by atoms with van der Waals surface area (Å²) >= 11 is 1.35. The quantitative estimate of drug-likeness (QED) is 0.573. The minimum absolute atomic E-state index is 0.126. The van der Waals surface area contributed by atoms with Crippen LogP contribution in [0.1, 0.15) is 16.1 Å². The van der Waals surface area contributed by atoms with Crippen LogP contribution in [0.3, 0.4) is 0 Å². The molecule has 2 bridgehead atoms. The Hall–Kier alpha value is -3.26. The van der Waals surface area contributed by atoms with E-state index in [1.54, 1.807) is 30.3 Å². The van der Waals surface area contributed by atoms with Gasteiger partial charge in [-0.3, -0.25) is 24.1 Å². The van der Waals surface area contributed by atoms with Crippen LogP contribution in [0.4, 0.5) is 11.4 Å². The molecule has 30 heavy (non-hydrogen) atoms. The van der Waals surface area contributed by atoms with Crippen LogP contribution in [0.25, 0.3) is 0 Å². The van der Waals surface area contributed by atoms with Crippen LogP contribution in [-0.2, 0) is 14.4 Å². The lowest BCUT2D eigenvalue weighted by Gasteiger charge is -2.17. The lowest BCUT2D eigenvalue weighted by atomic mass is 9.85. The number of thiophene rings is 1. The van der Waals surface area contributed by atoms with Gasteiger partial charge >= 0.3 is 0 Å². The highest BCUT2D eigenvalue weighted by Gasteiger charge is 2.59. The predicted octanol–water partition coefficient (Wildman–Crippen LogP) is 2.75. The molecule has 7 nitrogen and oxygen atoms in total. The average molecular weight is 421 g/mol. The highest BCUT2D eigenvalue weighted by atomic mass is 32.1. The van der Waals surface area contributed by atoms with Crippen LogP contribution in [0, 0.1) is 23.7 Å². The van der Waals surface area contributed by atoms with Crippen molar-refractivity contribution in [2.75, 3.05) is 17.2 Å². The molecule has 4 atom stereocenters. The Morgan fingerprint density at radius 1 is 0.933 bits per heavy atom. The number of carbonyl (C=O) groups excluding carboxylic acids is 4. The van der Waals surface area contributed by atoms with E-state index in [1.807, 2.05) is 23.6 Å². The van der Waals surface area contributed by atoms with Crippen LogP contribution in [0.15, 0.2) is 53.9 Å². The molecule has 5 rings (SSSR count). The summed E-state index contributed by atoms with van der Waals surface area (Å²) in [6, 6.07) is 10.2. The number of hydrogen-bond donors (Lipinski definition) is 2. The van der Waals surface area contributed by atoms with Crippen molar-refractivity contribution in [3.63, 3.8) is 0 Å². The molecule has 2 heterocycles. The van der Waals surface area contributed by atoms with Crippen LogP contribution in [0.2, 0.25) is 0 Å².